The zero-order valence-corrected chi connectivity index (χ0v) is 15.6. The van der Waals surface area contributed by atoms with E-state index in [0.29, 0.717) is 17.2 Å². The van der Waals surface area contributed by atoms with E-state index in [1.165, 1.54) is 0 Å². The van der Waals surface area contributed by atoms with Gasteiger partial charge in [0.05, 0.1) is 44.5 Å². The Labute approximate surface area is 159 Å². The SMILES string of the molecule is COc1cc(OC)c(/C=N/N(c2ccccc2)c2ccccc2)c(OC)c1. The van der Waals surface area contributed by atoms with Gasteiger partial charge in [0.25, 0.3) is 0 Å². The van der Waals surface area contributed by atoms with E-state index in [-0.39, 0.29) is 0 Å². The Morgan fingerprint density at radius 3 is 1.59 bits per heavy atom. The number of rotatable bonds is 7. The Balaban J connectivity index is 2.05. The molecule has 3 rings (SSSR count). The molecule has 138 valence electrons. The van der Waals surface area contributed by atoms with Gasteiger partial charge in [-0.25, -0.2) is 5.01 Å². The molecule has 0 aliphatic heterocycles. The first-order valence-corrected chi connectivity index (χ1v) is 8.51. The third-order valence-corrected chi connectivity index (χ3v) is 4.06. The zero-order chi connectivity index (χ0) is 19.1. The molecule has 27 heavy (non-hydrogen) atoms. The Morgan fingerprint density at radius 2 is 1.19 bits per heavy atom. The van der Waals surface area contributed by atoms with Crippen LogP contribution in [0.25, 0.3) is 0 Å². The highest BCUT2D eigenvalue weighted by Crippen LogP contribution is 2.33. The number of anilines is 2. The van der Waals surface area contributed by atoms with E-state index in [0.717, 1.165) is 16.9 Å². The fraction of sp³-hybridized carbons (Fsp3) is 0.136. The highest BCUT2D eigenvalue weighted by atomic mass is 16.5. The minimum atomic E-state index is 0.621. The van der Waals surface area contributed by atoms with Crippen LogP contribution in [0.3, 0.4) is 0 Å². The van der Waals surface area contributed by atoms with Crippen molar-refractivity contribution in [3.05, 3.63) is 78.4 Å². The highest BCUT2D eigenvalue weighted by Gasteiger charge is 2.13. The normalized spacial score (nSPS) is 10.6. The highest BCUT2D eigenvalue weighted by molar-refractivity contribution is 5.89. The van der Waals surface area contributed by atoms with Crippen LogP contribution in [-0.2, 0) is 0 Å². The summed E-state index contributed by atoms with van der Waals surface area (Å²) in [6.07, 6.45) is 1.73. The summed E-state index contributed by atoms with van der Waals surface area (Å²) >= 11 is 0. The van der Waals surface area contributed by atoms with Gasteiger partial charge in [0, 0.05) is 12.1 Å². The summed E-state index contributed by atoms with van der Waals surface area (Å²) in [5.41, 5.74) is 2.63. The second-order valence-electron chi connectivity index (χ2n) is 5.67. The zero-order valence-electron chi connectivity index (χ0n) is 15.6. The van der Waals surface area contributed by atoms with Crippen molar-refractivity contribution < 1.29 is 14.2 Å². The maximum atomic E-state index is 5.50. The van der Waals surface area contributed by atoms with Gasteiger partial charge in [-0.3, -0.25) is 0 Å². The van der Waals surface area contributed by atoms with E-state index in [4.69, 9.17) is 19.3 Å². The smallest absolute Gasteiger partial charge is 0.135 e. The summed E-state index contributed by atoms with van der Waals surface area (Å²) in [6.45, 7) is 0. The van der Waals surface area contributed by atoms with Crippen molar-refractivity contribution in [3.63, 3.8) is 0 Å². The van der Waals surface area contributed by atoms with Gasteiger partial charge in [0.15, 0.2) is 0 Å². The van der Waals surface area contributed by atoms with Gasteiger partial charge in [-0.15, -0.1) is 0 Å². The van der Waals surface area contributed by atoms with Crippen molar-refractivity contribution in [2.24, 2.45) is 5.10 Å². The van der Waals surface area contributed by atoms with Crippen molar-refractivity contribution in [1.82, 2.24) is 0 Å². The number of hydrogen-bond donors (Lipinski definition) is 0. The van der Waals surface area contributed by atoms with Crippen LogP contribution in [0.5, 0.6) is 17.2 Å². The van der Waals surface area contributed by atoms with Gasteiger partial charge in [-0.05, 0) is 24.3 Å². The lowest BCUT2D eigenvalue weighted by Gasteiger charge is -2.19. The Morgan fingerprint density at radius 1 is 0.704 bits per heavy atom. The molecule has 0 aliphatic carbocycles. The molecular formula is C22H22N2O3. The second kappa shape index (κ2) is 8.76. The molecule has 0 aliphatic rings. The summed E-state index contributed by atoms with van der Waals surface area (Å²) in [7, 11) is 4.82. The van der Waals surface area contributed by atoms with Gasteiger partial charge >= 0.3 is 0 Å². The van der Waals surface area contributed by atoms with Crippen LogP contribution in [0.1, 0.15) is 5.56 Å². The van der Waals surface area contributed by atoms with Crippen LogP contribution >= 0.6 is 0 Å². The van der Waals surface area contributed by atoms with Crippen LogP contribution in [0.2, 0.25) is 0 Å². The summed E-state index contributed by atoms with van der Waals surface area (Å²) < 4.78 is 16.3. The van der Waals surface area contributed by atoms with Crippen molar-refractivity contribution in [2.75, 3.05) is 26.3 Å². The molecule has 3 aromatic rings. The third kappa shape index (κ3) is 4.20. The maximum Gasteiger partial charge on any atom is 0.135 e. The molecule has 0 atom stereocenters. The first kappa shape index (κ1) is 18.3. The molecule has 0 saturated carbocycles. The lowest BCUT2D eigenvalue weighted by molar-refractivity contribution is 0.374. The molecule has 3 aromatic carbocycles. The molecule has 0 N–H and O–H groups in total. The molecule has 0 heterocycles. The van der Waals surface area contributed by atoms with Gasteiger partial charge in [-0.1, -0.05) is 36.4 Å². The number of methoxy groups -OCH3 is 3. The minimum Gasteiger partial charge on any atom is -0.496 e. The first-order valence-electron chi connectivity index (χ1n) is 8.51. The summed E-state index contributed by atoms with van der Waals surface area (Å²) in [6, 6.07) is 23.5. The molecule has 0 unspecified atom stereocenters. The molecule has 0 aromatic heterocycles. The van der Waals surface area contributed by atoms with Crippen LogP contribution < -0.4 is 19.2 Å². The van der Waals surface area contributed by atoms with Gasteiger partial charge < -0.3 is 14.2 Å². The molecule has 0 bridgehead atoms. The van der Waals surface area contributed by atoms with Crippen LogP contribution in [-0.4, -0.2) is 27.5 Å². The number of benzene rings is 3. The average molecular weight is 362 g/mol. The first-order chi connectivity index (χ1) is 13.3. The predicted molar refractivity (Wildman–Crippen MR) is 109 cm³/mol. The van der Waals surface area contributed by atoms with E-state index in [1.54, 1.807) is 39.7 Å². The fourth-order valence-electron chi connectivity index (χ4n) is 2.70. The van der Waals surface area contributed by atoms with E-state index in [9.17, 15) is 0 Å². The topological polar surface area (TPSA) is 43.3 Å². The molecule has 0 spiro atoms. The second-order valence-corrected chi connectivity index (χ2v) is 5.67. The Kier molecular flexibility index (Phi) is 5.94. The largest absolute Gasteiger partial charge is 0.496 e. The molecule has 0 radical (unpaired) electrons. The van der Waals surface area contributed by atoms with Crippen LogP contribution in [0, 0.1) is 0 Å². The summed E-state index contributed by atoms with van der Waals surface area (Å²) in [4.78, 5) is 0. The molecule has 0 amide bonds. The van der Waals surface area contributed by atoms with E-state index in [1.807, 2.05) is 65.7 Å². The number of hydrazone groups is 1. The van der Waals surface area contributed by atoms with E-state index < -0.39 is 0 Å². The Hall–Kier alpha value is -3.47. The predicted octanol–water partition coefficient (Wildman–Crippen LogP) is 4.88. The summed E-state index contributed by atoms with van der Waals surface area (Å²) in [5.74, 6) is 1.90. The standard InChI is InChI=1S/C22H22N2O3/c1-25-19-14-21(26-2)20(22(15-19)27-3)16-23-24(17-10-6-4-7-11-17)18-12-8-5-9-13-18/h4-16H,1-3H3/b23-16+. The molecule has 5 heteroatoms. The van der Waals surface area contributed by atoms with Crippen LogP contribution in [0.4, 0.5) is 11.4 Å². The summed E-state index contributed by atoms with van der Waals surface area (Å²) in [5, 5.41) is 6.58. The van der Waals surface area contributed by atoms with Gasteiger partial charge in [-0.2, -0.15) is 5.10 Å². The van der Waals surface area contributed by atoms with Crippen LogP contribution in [0.15, 0.2) is 77.9 Å². The maximum absolute atomic E-state index is 5.50. The third-order valence-electron chi connectivity index (χ3n) is 4.06. The van der Waals surface area contributed by atoms with Crippen molar-refractivity contribution in [2.45, 2.75) is 0 Å². The quantitative estimate of drug-likeness (QED) is 0.444. The van der Waals surface area contributed by atoms with Gasteiger partial charge in [0.2, 0.25) is 0 Å². The van der Waals surface area contributed by atoms with Gasteiger partial charge in [0.1, 0.15) is 17.2 Å². The number of nitrogens with zero attached hydrogens (tertiary/aromatic N) is 2. The van der Waals surface area contributed by atoms with E-state index >= 15 is 0 Å². The van der Waals surface area contributed by atoms with Crippen molar-refractivity contribution >= 4 is 17.6 Å². The minimum absolute atomic E-state index is 0.621. The monoisotopic (exact) mass is 362 g/mol. The fourth-order valence-corrected chi connectivity index (χ4v) is 2.70. The molecule has 0 saturated heterocycles. The Bertz CT molecular complexity index is 831. The van der Waals surface area contributed by atoms with Crippen molar-refractivity contribution in [1.29, 1.82) is 0 Å². The molecule has 5 nitrogen and oxygen atoms in total. The molecule has 0 fully saturated rings. The van der Waals surface area contributed by atoms with E-state index in [2.05, 4.69) is 0 Å². The average Bonchev–Trinajstić information content (AvgIpc) is 2.75. The van der Waals surface area contributed by atoms with Crippen molar-refractivity contribution in [3.8, 4) is 17.2 Å². The number of para-hydroxylation sites is 2. The molecular weight excluding hydrogens is 340 g/mol. The number of hydrogen-bond acceptors (Lipinski definition) is 5. The lowest BCUT2D eigenvalue weighted by atomic mass is 10.2. The number of ether oxygens (including phenoxy) is 3. The lowest BCUT2D eigenvalue weighted by Crippen LogP contribution is -2.09.